The zero-order valence-electron chi connectivity index (χ0n) is 9.46. The van der Waals surface area contributed by atoms with E-state index in [9.17, 15) is 4.39 Å². The van der Waals surface area contributed by atoms with Gasteiger partial charge in [-0.2, -0.15) is 0 Å². The predicted molar refractivity (Wildman–Crippen MR) is 67.7 cm³/mol. The van der Waals surface area contributed by atoms with E-state index in [2.05, 4.69) is 21.4 Å². The van der Waals surface area contributed by atoms with E-state index in [-0.39, 0.29) is 11.9 Å². The second-order valence-corrected chi connectivity index (χ2v) is 5.18. The van der Waals surface area contributed by atoms with Crippen molar-refractivity contribution in [2.24, 2.45) is 11.8 Å². The Labute approximate surface area is 109 Å². The van der Waals surface area contributed by atoms with Gasteiger partial charge in [0.2, 0.25) is 0 Å². The van der Waals surface area contributed by atoms with Crippen LogP contribution in [0.5, 0.6) is 0 Å². The highest BCUT2D eigenvalue weighted by molar-refractivity contribution is 9.10. The van der Waals surface area contributed by atoms with Gasteiger partial charge in [-0.1, -0.05) is 15.9 Å². The Kier molecular flexibility index (Phi) is 4.50. The minimum atomic E-state index is -0.220. The highest BCUT2D eigenvalue weighted by atomic mass is 79.9. The van der Waals surface area contributed by atoms with E-state index in [1.54, 1.807) is 12.1 Å². The molecule has 0 spiro atoms. The van der Waals surface area contributed by atoms with Crippen molar-refractivity contribution in [2.45, 2.75) is 18.9 Å². The molecule has 0 aliphatic carbocycles. The average Bonchev–Trinajstić information content (AvgIpc) is 2.36. The Hall–Kier alpha value is -0.490. The Morgan fingerprint density at radius 1 is 1.41 bits per heavy atom. The van der Waals surface area contributed by atoms with E-state index in [4.69, 9.17) is 10.6 Å². The number of hydrogen-bond acceptors (Lipinski definition) is 3. The summed E-state index contributed by atoms with van der Waals surface area (Å²) >= 11 is 3.36. The summed E-state index contributed by atoms with van der Waals surface area (Å²) in [5, 5.41) is 0. The molecule has 0 amide bonds. The minimum Gasteiger partial charge on any atom is -0.381 e. The second-order valence-electron chi connectivity index (χ2n) is 4.26. The number of hydrogen-bond donors (Lipinski definition) is 2. The van der Waals surface area contributed by atoms with Gasteiger partial charge in [-0.05, 0) is 37.0 Å². The lowest BCUT2D eigenvalue weighted by molar-refractivity contribution is 0.0531. The van der Waals surface area contributed by atoms with Crippen LogP contribution in [0.25, 0.3) is 0 Å². The fraction of sp³-hybridized carbons (Fsp3) is 0.500. The highest BCUT2D eigenvalue weighted by Gasteiger charge is 2.26. The number of benzene rings is 1. The molecule has 94 valence electrons. The van der Waals surface area contributed by atoms with Crippen LogP contribution < -0.4 is 11.3 Å². The lowest BCUT2D eigenvalue weighted by Crippen LogP contribution is -2.36. The van der Waals surface area contributed by atoms with Crippen LogP contribution >= 0.6 is 15.9 Å². The molecule has 3 N–H and O–H groups in total. The van der Waals surface area contributed by atoms with Gasteiger partial charge >= 0.3 is 0 Å². The molecule has 1 aliphatic heterocycles. The van der Waals surface area contributed by atoms with E-state index >= 15 is 0 Å². The Morgan fingerprint density at radius 3 is 2.76 bits per heavy atom. The molecule has 0 aromatic heterocycles. The number of ether oxygens (including phenoxy) is 1. The highest BCUT2D eigenvalue weighted by Crippen LogP contribution is 2.32. The third-order valence-electron chi connectivity index (χ3n) is 3.21. The van der Waals surface area contributed by atoms with Gasteiger partial charge in [-0.15, -0.1) is 0 Å². The van der Waals surface area contributed by atoms with Crippen LogP contribution in [0, 0.1) is 11.7 Å². The number of rotatable bonds is 3. The first-order chi connectivity index (χ1) is 8.22. The van der Waals surface area contributed by atoms with E-state index in [1.807, 2.05) is 0 Å². The van der Waals surface area contributed by atoms with Crippen molar-refractivity contribution in [3.05, 3.63) is 34.1 Å². The average molecular weight is 303 g/mol. The van der Waals surface area contributed by atoms with Crippen LogP contribution in [0.15, 0.2) is 22.7 Å². The Morgan fingerprint density at radius 2 is 2.12 bits per heavy atom. The summed E-state index contributed by atoms with van der Waals surface area (Å²) in [6.45, 7) is 1.44. The van der Waals surface area contributed by atoms with Gasteiger partial charge in [-0.3, -0.25) is 11.3 Å². The summed E-state index contributed by atoms with van der Waals surface area (Å²) in [7, 11) is 0. The molecular weight excluding hydrogens is 287 g/mol. The standard InChI is InChI=1S/C12H16BrFN2O/c13-9-1-2-11(14)10(7-9)12(16-15)8-3-5-17-6-4-8/h1-2,7-8,12,16H,3-6,15H2. The maximum absolute atomic E-state index is 13.8. The van der Waals surface area contributed by atoms with Gasteiger partial charge in [0.1, 0.15) is 5.82 Å². The normalized spacial score (nSPS) is 19.2. The van der Waals surface area contributed by atoms with Gasteiger partial charge in [0.25, 0.3) is 0 Å². The fourth-order valence-corrected chi connectivity index (χ4v) is 2.66. The van der Waals surface area contributed by atoms with Crippen LogP contribution in [0.2, 0.25) is 0 Å². The quantitative estimate of drug-likeness (QED) is 0.666. The molecule has 1 unspecified atom stereocenters. The molecule has 1 heterocycles. The van der Waals surface area contributed by atoms with Gasteiger partial charge < -0.3 is 4.74 Å². The largest absolute Gasteiger partial charge is 0.381 e. The molecule has 0 radical (unpaired) electrons. The van der Waals surface area contributed by atoms with Crippen molar-refractivity contribution in [1.82, 2.24) is 5.43 Å². The summed E-state index contributed by atoms with van der Waals surface area (Å²) in [5.74, 6) is 5.68. The number of nitrogens with two attached hydrogens (primary N) is 1. The third kappa shape index (κ3) is 3.04. The lowest BCUT2D eigenvalue weighted by Gasteiger charge is -2.30. The number of hydrazine groups is 1. The first kappa shape index (κ1) is 13.0. The van der Waals surface area contributed by atoms with E-state index in [1.165, 1.54) is 6.07 Å². The summed E-state index contributed by atoms with van der Waals surface area (Å²) in [6, 6.07) is 4.78. The molecule has 2 rings (SSSR count). The fourth-order valence-electron chi connectivity index (χ4n) is 2.28. The van der Waals surface area contributed by atoms with Crippen molar-refractivity contribution in [3.8, 4) is 0 Å². The molecule has 1 saturated heterocycles. The van der Waals surface area contributed by atoms with Crippen LogP contribution in [0.4, 0.5) is 4.39 Å². The molecule has 1 aromatic carbocycles. The summed E-state index contributed by atoms with van der Waals surface area (Å²) in [5.41, 5.74) is 3.36. The van der Waals surface area contributed by atoms with E-state index in [0.29, 0.717) is 11.5 Å². The molecule has 3 nitrogen and oxygen atoms in total. The summed E-state index contributed by atoms with van der Waals surface area (Å²) < 4.78 is 20.0. The maximum atomic E-state index is 13.8. The first-order valence-corrected chi connectivity index (χ1v) is 6.50. The van der Waals surface area contributed by atoms with Gasteiger partial charge in [0.15, 0.2) is 0 Å². The van der Waals surface area contributed by atoms with E-state index in [0.717, 1.165) is 30.5 Å². The SMILES string of the molecule is NNC(c1cc(Br)ccc1F)C1CCOCC1. The van der Waals surface area contributed by atoms with Crippen molar-refractivity contribution >= 4 is 15.9 Å². The van der Waals surface area contributed by atoms with Crippen molar-refractivity contribution in [1.29, 1.82) is 0 Å². The van der Waals surface area contributed by atoms with Crippen LogP contribution in [-0.2, 0) is 4.74 Å². The second kappa shape index (κ2) is 5.91. The zero-order valence-corrected chi connectivity index (χ0v) is 11.0. The molecular formula is C12H16BrFN2O. The minimum absolute atomic E-state index is 0.156. The first-order valence-electron chi connectivity index (χ1n) is 5.71. The van der Waals surface area contributed by atoms with Crippen molar-refractivity contribution in [3.63, 3.8) is 0 Å². The van der Waals surface area contributed by atoms with Gasteiger partial charge in [0.05, 0.1) is 6.04 Å². The van der Waals surface area contributed by atoms with Crippen LogP contribution in [0.1, 0.15) is 24.4 Å². The predicted octanol–water partition coefficient (Wildman–Crippen LogP) is 2.52. The van der Waals surface area contributed by atoms with Crippen LogP contribution in [0.3, 0.4) is 0 Å². The van der Waals surface area contributed by atoms with E-state index < -0.39 is 0 Å². The smallest absolute Gasteiger partial charge is 0.128 e. The molecule has 1 fully saturated rings. The zero-order chi connectivity index (χ0) is 12.3. The molecule has 1 aromatic rings. The molecule has 1 atom stereocenters. The van der Waals surface area contributed by atoms with Crippen molar-refractivity contribution in [2.75, 3.05) is 13.2 Å². The Bertz CT molecular complexity index is 383. The maximum Gasteiger partial charge on any atom is 0.128 e. The molecule has 1 aliphatic rings. The Balaban J connectivity index is 2.24. The number of halogens is 2. The lowest BCUT2D eigenvalue weighted by atomic mass is 9.87. The molecule has 0 bridgehead atoms. The van der Waals surface area contributed by atoms with Crippen molar-refractivity contribution < 1.29 is 9.13 Å². The molecule has 17 heavy (non-hydrogen) atoms. The summed E-state index contributed by atoms with van der Waals surface area (Å²) in [4.78, 5) is 0. The number of nitrogens with one attached hydrogen (secondary N) is 1. The third-order valence-corrected chi connectivity index (χ3v) is 3.70. The molecule has 5 heteroatoms. The van der Waals surface area contributed by atoms with Gasteiger partial charge in [0, 0.05) is 23.2 Å². The van der Waals surface area contributed by atoms with Gasteiger partial charge in [-0.25, -0.2) is 4.39 Å². The van der Waals surface area contributed by atoms with Crippen LogP contribution in [-0.4, -0.2) is 13.2 Å². The topological polar surface area (TPSA) is 47.3 Å². The summed E-state index contributed by atoms with van der Waals surface area (Å²) in [6.07, 6.45) is 1.81. The molecule has 0 saturated carbocycles. The monoisotopic (exact) mass is 302 g/mol.